The van der Waals surface area contributed by atoms with Crippen LogP contribution in [-0.2, 0) is 21.4 Å². The zero-order valence-electron chi connectivity index (χ0n) is 10.8. The summed E-state index contributed by atoms with van der Waals surface area (Å²) in [7, 11) is -3.21. The number of hydrogen-bond donors (Lipinski definition) is 2. The van der Waals surface area contributed by atoms with Gasteiger partial charge in [0, 0.05) is 19.3 Å². The average Bonchev–Trinajstić information content (AvgIpc) is 2.88. The fourth-order valence-electron chi connectivity index (χ4n) is 2.17. The van der Waals surface area contributed by atoms with Crippen LogP contribution in [0.25, 0.3) is 0 Å². The predicted molar refractivity (Wildman–Crippen MR) is 69.6 cm³/mol. The first-order valence-corrected chi connectivity index (χ1v) is 8.03. The maximum atomic E-state index is 12.0. The van der Waals surface area contributed by atoms with Gasteiger partial charge in [-0.05, 0) is 18.9 Å². The van der Waals surface area contributed by atoms with Crippen molar-refractivity contribution in [2.24, 2.45) is 5.92 Å². The van der Waals surface area contributed by atoms with Gasteiger partial charge in [0.15, 0.2) is 0 Å². The molecule has 1 atom stereocenters. The highest BCUT2D eigenvalue weighted by Gasteiger charge is 2.29. The number of amides is 1. The molecule has 1 saturated heterocycles. The van der Waals surface area contributed by atoms with E-state index in [0.717, 1.165) is 18.5 Å². The van der Waals surface area contributed by atoms with Crippen LogP contribution in [0.1, 0.15) is 18.5 Å². The summed E-state index contributed by atoms with van der Waals surface area (Å²) in [6, 6.07) is 1.78. The van der Waals surface area contributed by atoms with Gasteiger partial charge in [-0.1, -0.05) is 0 Å². The van der Waals surface area contributed by atoms with Gasteiger partial charge < -0.3 is 5.32 Å². The number of aromatic amines is 1. The zero-order valence-corrected chi connectivity index (χ0v) is 11.6. The van der Waals surface area contributed by atoms with Crippen molar-refractivity contribution in [3.05, 3.63) is 18.0 Å². The molecule has 1 aliphatic heterocycles. The quantitative estimate of drug-likeness (QED) is 0.794. The van der Waals surface area contributed by atoms with Gasteiger partial charge in [0.25, 0.3) is 0 Å². The van der Waals surface area contributed by atoms with E-state index in [4.69, 9.17) is 0 Å². The Morgan fingerprint density at radius 2 is 2.42 bits per heavy atom. The number of rotatable bonds is 4. The Bertz CT molecular complexity index is 526. The van der Waals surface area contributed by atoms with E-state index in [1.165, 1.54) is 10.6 Å². The minimum Gasteiger partial charge on any atom is -0.350 e. The Kier molecular flexibility index (Phi) is 4.20. The molecule has 2 heterocycles. The summed E-state index contributed by atoms with van der Waals surface area (Å²) < 4.78 is 24.3. The van der Waals surface area contributed by atoms with E-state index in [1.54, 1.807) is 12.3 Å². The van der Waals surface area contributed by atoms with Gasteiger partial charge >= 0.3 is 0 Å². The molecule has 1 aliphatic rings. The fourth-order valence-corrected chi connectivity index (χ4v) is 3.08. The lowest BCUT2D eigenvalue weighted by Crippen LogP contribution is -2.44. The maximum absolute atomic E-state index is 12.0. The van der Waals surface area contributed by atoms with E-state index < -0.39 is 10.0 Å². The molecule has 106 valence electrons. The van der Waals surface area contributed by atoms with Gasteiger partial charge in [-0.2, -0.15) is 5.10 Å². The van der Waals surface area contributed by atoms with Crippen molar-refractivity contribution in [3.63, 3.8) is 0 Å². The molecule has 0 saturated carbocycles. The topological polar surface area (TPSA) is 95.2 Å². The minimum atomic E-state index is -3.21. The van der Waals surface area contributed by atoms with Gasteiger partial charge in [-0.25, -0.2) is 12.7 Å². The number of piperidine rings is 1. The van der Waals surface area contributed by atoms with Crippen molar-refractivity contribution in [2.45, 2.75) is 19.4 Å². The summed E-state index contributed by atoms with van der Waals surface area (Å²) in [5.74, 6) is -0.380. The molecule has 8 heteroatoms. The summed E-state index contributed by atoms with van der Waals surface area (Å²) in [4.78, 5) is 12.0. The van der Waals surface area contributed by atoms with Crippen molar-refractivity contribution < 1.29 is 13.2 Å². The predicted octanol–water partition coefficient (Wildman–Crippen LogP) is -0.302. The molecule has 0 aliphatic carbocycles. The van der Waals surface area contributed by atoms with Crippen molar-refractivity contribution in [2.75, 3.05) is 19.3 Å². The Morgan fingerprint density at radius 1 is 1.63 bits per heavy atom. The van der Waals surface area contributed by atoms with Crippen molar-refractivity contribution in [1.82, 2.24) is 19.8 Å². The third kappa shape index (κ3) is 3.77. The Hall–Kier alpha value is -1.41. The highest BCUT2D eigenvalue weighted by atomic mass is 32.2. The molecule has 1 amide bonds. The molecule has 0 spiro atoms. The highest BCUT2D eigenvalue weighted by molar-refractivity contribution is 7.88. The third-order valence-electron chi connectivity index (χ3n) is 3.24. The molecule has 1 unspecified atom stereocenters. The van der Waals surface area contributed by atoms with E-state index in [9.17, 15) is 13.2 Å². The summed E-state index contributed by atoms with van der Waals surface area (Å²) in [5.41, 5.74) is 0.823. The van der Waals surface area contributed by atoms with E-state index in [1.807, 2.05) is 0 Å². The van der Waals surface area contributed by atoms with Gasteiger partial charge in [0.2, 0.25) is 15.9 Å². The molecule has 2 N–H and O–H groups in total. The first-order valence-electron chi connectivity index (χ1n) is 6.18. The Morgan fingerprint density at radius 3 is 3.05 bits per heavy atom. The number of hydrogen-bond acceptors (Lipinski definition) is 4. The van der Waals surface area contributed by atoms with E-state index in [2.05, 4.69) is 15.5 Å². The van der Waals surface area contributed by atoms with Crippen LogP contribution < -0.4 is 5.32 Å². The van der Waals surface area contributed by atoms with Crippen LogP contribution in [0.2, 0.25) is 0 Å². The molecular formula is C11H18N4O3S. The smallest absolute Gasteiger partial charge is 0.224 e. The lowest BCUT2D eigenvalue weighted by Gasteiger charge is -2.30. The van der Waals surface area contributed by atoms with Crippen LogP contribution >= 0.6 is 0 Å². The molecular weight excluding hydrogens is 268 g/mol. The van der Waals surface area contributed by atoms with Crippen LogP contribution in [0.5, 0.6) is 0 Å². The number of sulfonamides is 1. The largest absolute Gasteiger partial charge is 0.350 e. The van der Waals surface area contributed by atoms with E-state index in [0.29, 0.717) is 13.1 Å². The standard InChI is InChI=1S/C11H18N4O3S/c1-19(17,18)15-6-2-3-9(8-15)11(16)12-7-10-4-5-13-14-10/h4-5,9H,2-3,6-8H2,1H3,(H,12,16)(H,13,14). The number of carbonyl (C=O) groups excluding carboxylic acids is 1. The van der Waals surface area contributed by atoms with Gasteiger partial charge in [0.1, 0.15) is 0 Å². The Balaban J connectivity index is 1.88. The van der Waals surface area contributed by atoms with Gasteiger partial charge in [0.05, 0.1) is 24.4 Å². The number of carbonyl (C=O) groups is 1. The molecule has 1 aromatic rings. The van der Waals surface area contributed by atoms with E-state index in [-0.39, 0.29) is 18.4 Å². The second kappa shape index (κ2) is 5.70. The van der Waals surface area contributed by atoms with Crippen molar-refractivity contribution in [1.29, 1.82) is 0 Å². The van der Waals surface area contributed by atoms with Crippen LogP contribution in [0, 0.1) is 5.92 Å². The molecule has 7 nitrogen and oxygen atoms in total. The molecule has 19 heavy (non-hydrogen) atoms. The number of nitrogens with one attached hydrogen (secondary N) is 2. The maximum Gasteiger partial charge on any atom is 0.224 e. The number of H-pyrrole nitrogens is 1. The summed E-state index contributed by atoms with van der Waals surface area (Å²) in [6.45, 7) is 1.16. The molecule has 1 aromatic heterocycles. The monoisotopic (exact) mass is 286 g/mol. The minimum absolute atomic E-state index is 0.108. The van der Waals surface area contributed by atoms with Crippen molar-refractivity contribution >= 4 is 15.9 Å². The highest BCUT2D eigenvalue weighted by Crippen LogP contribution is 2.18. The molecule has 0 aromatic carbocycles. The summed E-state index contributed by atoms with van der Waals surface area (Å²) in [5, 5.41) is 9.35. The lowest BCUT2D eigenvalue weighted by molar-refractivity contribution is -0.126. The van der Waals surface area contributed by atoms with Crippen LogP contribution in [0.4, 0.5) is 0 Å². The SMILES string of the molecule is CS(=O)(=O)N1CCCC(C(=O)NCc2ccn[nH]2)C1. The third-order valence-corrected chi connectivity index (χ3v) is 4.51. The zero-order chi connectivity index (χ0) is 13.9. The van der Waals surface area contributed by atoms with E-state index >= 15 is 0 Å². The normalized spacial score (nSPS) is 21.2. The van der Waals surface area contributed by atoms with Crippen molar-refractivity contribution in [3.8, 4) is 0 Å². The lowest BCUT2D eigenvalue weighted by atomic mass is 9.99. The first kappa shape index (κ1) is 14.0. The molecule has 0 bridgehead atoms. The number of aromatic nitrogens is 2. The Labute approximate surface area is 112 Å². The number of nitrogens with zero attached hydrogens (tertiary/aromatic N) is 2. The molecule has 0 radical (unpaired) electrons. The van der Waals surface area contributed by atoms with Crippen LogP contribution in [0.15, 0.2) is 12.3 Å². The average molecular weight is 286 g/mol. The second-order valence-corrected chi connectivity index (χ2v) is 6.74. The van der Waals surface area contributed by atoms with Crippen LogP contribution in [-0.4, -0.2) is 48.2 Å². The second-order valence-electron chi connectivity index (χ2n) is 4.76. The summed E-state index contributed by atoms with van der Waals surface area (Å²) in [6.07, 6.45) is 4.24. The van der Waals surface area contributed by atoms with Gasteiger partial charge in [-0.3, -0.25) is 9.89 Å². The molecule has 1 fully saturated rings. The summed E-state index contributed by atoms with van der Waals surface area (Å²) >= 11 is 0. The first-order chi connectivity index (χ1) is 8.97. The molecule has 2 rings (SSSR count). The van der Waals surface area contributed by atoms with Crippen LogP contribution in [0.3, 0.4) is 0 Å². The fraction of sp³-hybridized carbons (Fsp3) is 0.636. The van der Waals surface area contributed by atoms with Gasteiger partial charge in [-0.15, -0.1) is 0 Å².